The average Bonchev–Trinajstić information content (AvgIpc) is 2.38. The summed E-state index contributed by atoms with van der Waals surface area (Å²) in [6.45, 7) is 4.48. The van der Waals surface area contributed by atoms with Crippen molar-refractivity contribution in [1.82, 2.24) is 15.1 Å². The smallest absolute Gasteiger partial charge is 0.226 e. The molecule has 0 radical (unpaired) electrons. The molecule has 0 bridgehead atoms. The lowest BCUT2D eigenvalue weighted by Gasteiger charge is -2.36. The highest BCUT2D eigenvalue weighted by atomic mass is 16.2. The van der Waals surface area contributed by atoms with Crippen molar-refractivity contribution in [3.05, 3.63) is 0 Å². The van der Waals surface area contributed by atoms with E-state index in [4.69, 9.17) is 0 Å². The molecule has 1 N–H and O–H groups in total. The summed E-state index contributed by atoms with van der Waals surface area (Å²) in [6.07, 6.45) is 1.02. The van der Waals surface area contributed by atoms with Crippen LogP contribution >= 0.6 is 0 Å². The van der Waals surface area contributed by atoms with Crippen LogP contribution in [0, 0.1) is 5.92 Å². The van der Waals surface area contributed by atoms with E-state index in [0.29, 0.717) is 39.1 Å². The van der Waals surface area contributed by atoms with Gasteiger partial charge in [0.05, 0.1) is 0 Å². The third kappa shape index (κ3) is 2.80. The van der Waals surface area contributed by atoms with E-state index in [1.807, 2.05) is 0 Å². The van der Waals surface area contributed by atoms with Gasteiger partial charge >= 0.3 is 0 Å². The Bertz CT molecular complexity index is 362. The van der Waals surface area contributed by atoms with Crippen molar-refractivity contribution in [3.63, 3.8) is 0 Å². The number of hydrogen-bond donors (Lipinski definition) is 1. The summed E-state index contributed by atoms with van der Waals surface area (Å²) < 4.78 is 0. The number of hydrogen-bond acceptors (Lipinski definition) is 3. The first-order valence-electron chi connectivity index (χ1n) is 6.39. The minimum absolute atomic E-state index is 0.0398. The molecule has 0 aromatic carbocycles. The summed E-state index contributed by atoms with van der Waals surface area (Å²) in [5.41, 5.74) is 0. The van der Waals surface area contributed by atoms with Gasteiger partial charge in [0.1, 0.15) is 0 Å². The fourth-order valence-corrected chi connectivity index (χ4v) is 2.49. The second-order valence-electron chi connectivity index (χ2n) is 4.87. The molecule has 0 spiro atoms. The van der Waals surface area contributed by atoms with Crippen molar-refractivity contribution >= 4 is 17.7 Å². The Morgan fingerprint density at radius 2 is 1.78 bits per heavy atom. The molecule has 2 aliphatic heterocycles. The number of amides is 3. The molecule has 2 rings (SSSR count). The molecule has 0 saturated carbocycles. The van der Waals surface area contributed by atoms with Gasteiger partial charge in [-0.25, -0.2) is 0 Å². The Balaban J connectivity index is 1.87. The van der Waals surface area contributed by atoms with Crippen molar-refractivity contribution in [2.45, 2.75) is 19.8 Å². The van der Waals surface area contributed by atoms with Crippen LogP contribution in [-0.2, 0) is 14.4 Å². The van der Waals surface area contributed by atoms with Crippen LogP contribution in [0.25, 0.3) is 0 Å². The van der Waals surface area contributed by atoms with Crippen molar-refractivity contribution in [3.8, 4) is 0 Å². The zero-order chi connectivity index (χ0) is 13.1. The molecule has 0 aromatic heterocycles. The Labute approximate surface area is 106 Å². The number of piperidine rings is 1. The topological polar surface area (TPSA) is 69.7 Å². The van der Waals surface area contributed by atoms with Crippen molar-refractivity contribution < 1.29 is 14.4 Å². The lowest BCUT2D eigenvalue weighted by Crippen LogP contribution is -2.52. The average molecular weight is 253 g/mol. The summed E-state index contributed by atoms with van der Waals surface area (Å²) in [7, 11) is 0. The summed E-state index contributed by atoms with van der Waals surface area (Å²) >= 11 is 0. The van der Waals surface area contributed by atoms with Gasteiger partial charge in [-0.3, -0.25) is 14.4 Å². The normalized spacial score (nSPS) is 24.7. The molecule has 6 nitrogen and oxygen atoms in total. The third-order valence-corrected chi connectivity index (χ3v) is 3.63. The molecule has 2 heterocycles. The quantitative estimate of drug-likeness (QED) is 0.665. The van der Waals surface area contributed by atoms with Crippen LogP contribution in [0.2, 0.25) is 0 Å². The van der Waals surface area contributed by atoms with Gasteiger partial charge < -0.3 is 15.1 Å². The Hall–Kier alpha value is -1.59. The standard InChI is InChI=1S/C12H19N3O3/c1-9(16)14-4-6-15(7-5-14)12(18)10-2-3-13-11(17)8-10/h10H,2-8H2,1H3,(H,13,17). The van der Waals surface area contributed by atoms with E-state index < -0.39 is 0 Å². The maximum absolute atomic E-state index is 12.2. The molecular weight excluding hydrogens is 234 g/mol. The fraction of sp³-hybridized carbons (Fsp3) is 0.750. The summed E-state index contributed by atoms with van der Waals surface area (Å²) in [5.74, 6) is -0.100. The first-order valence-corrected chi connectivity index (χ1v) is 6.39. The number of carbonyl (C=O) groups is 3. The molecule has 18 heavy (non-hydrogen) atoms. The maximum Gasteiger partial charge on any atom is 0.226 e. The predicted molar refractivity (Wildman–Crippen MR) is 64.6 cm³/mol. The van der Waals surface area contributed by atoms with Gasteiger partial charge in [-0.15, -0.1) is 0 Å². The third-order valence-electron chi connectivity index (χ3n) is 3.63. The van der Waals surface area contributed by atoms with Gasteiger partial charge in [-0.1, -0.05) is 0 Å². The highest BCUT2D eigenvalue weighted by Gasteiger charge is 2.31. The van der Waals surface area contributed by atoms with Gasteiger partial charge in [0.2, 0.25) is 17.7 Å². The van der Waals surface area contributed by atoms with E-state index in [1.54, 1.807) is 16.7 Å². The molecular formula is C12H19N3O3. The second kappa shape index (κ2) is 5.37. The fourth-order valence-electron chi connectivity index (χ4n) is 2.49. The minimum Gasteiger partial charge on any atom is -0.356 e. The first kappa shape index (κ1) is 12.9. The van der Waals surface area contributed by atoms with Gasteiger partial charge in [0.15, 0.2) is 0 Å². The van der Waals surface area contributed by atoms with Gasteiger partial charge in [0, 0.05) is 52.0 Å². The van der Waals surface area contributed by atoms with E-state index in [9.17, 15) is 14.4 Å². The van der Waals surface area contributed by atoms with Crippen molar-refractivity contribution in [1.29, 1.82) is 0 Å². The number of piperazine rings is 1. The zero-order valence-electron chi connectivity index (χ0n) is 10.6. The minimum atomic E-state index is -0.178. The van der Waals surface area contributed by atoms with Gasteiger partial charge in [0.25, 0.3) is 0 Å². The maximum atomic E-state index is 12.2. The molecule has 2 saturated heterocycles. The van der Waals surface area contributed by atoms with Crippen LogP contribution in [0.5, 0.6) is 0 Å². The zero-order valence-corrected chi connectivity index (χ0v) is 10.6. The molecule has 6 heteroatoms. The Kier molecular flexibility index (Phi) is 3.84. The van der Waals surface area contributed by atoms with Crippen LogP contribution in [0.4, 0.5) is 0 Å². The number of nitrogens with one attached hydrogen (secondary N) is 1. The lowest BCUT2D eigenvalue weighted by molar-refractivity contribution is -0.143. The van der Waals surface area contributed by atoms with E-state index in [1.165, 1.54) is 0 Å². The van der Waals surface area contributed by atoms with Crippen LogP contribution in [0.15, 0.2) is 0 Å². The number of nitrogens with zero attached hydrogens (tertiary/aromatic N) is 2. The molecule has 2 aliphatic rings. The van der Waals surface area contributed by atoms with Crippen LogP contribution in [0.1, 0.15) is 19.8 Å². The van der Waals surface area contributed by atoms with Crippen LogP contribution in [0.3, 0.4) is 0 Å². The summed E-state index contributed by atoms with van der Waals surface area (Å²) in [6, 6.07) is 0. The SMILES string of the molecule is CC(=O)N1CCN(C(=O)C2CCNC(=O)C2)CC1. The largest absolute Gasteiger partial charge is 0.356 e. The molecule has 100 valence electrons. The highest BCUT2D eigenvalue weighted by Crippen LogP contribution is 2.17. The van der Waals surface area contributed by atoms with E-state index in [2.05, 4.69) is 5.32 Å². The lowest BCUT2D eigenvalue weighted by atomic mass is 9.95. The molecule has 1 unspecified atom stereocenters. The second-order valence-corrected chi connectivity index (χ2v) is 4.87. The summed E-state index contributed by atoms with van der Waals surface area (Å²) in [5, 5.41) is 2.73. The van der Waals surface area contributed by atoms with E-state index in [-0.39, 0.29) is 23.6 Å². The molecule has 3 amide bonds. The molecule has 0 aromatic rings. The molecule has 2 fully saturated rings. The molecule has 0 aliphatic carbocycles. The van der Waals surface area contributed by atoms with Crippen molar-refractivity contribution in [2.75, 3.05) is 32.7 Å². The van der Waals surface area contributed by atoms with Gasteiger partial charge in [-0.05, 0) is 6.42 Å². The number of rotatable bonds is 1. The first-order chi connectivity index (χ1) is 8.58. The van der Waals surface area contributed by atoms with Gasteiger partial charge in [-0.2, -0.15) is 0 Å². The van der Waals surface area contributed by atoms with Crippen molar-refractivity contribution in [2.24, 2.45) is 5.92 Å². The monoisotopic (exact) mass is 253 g/mol. The highest BCUT2D eigenvalue weighted by molar-refractivity contribution is 5.87. The summed E-state index contributed by atoms with van der Waals surface area (Å²) in [4.78, 5) is 38.2. The number of carbonyl (C=O) groups excluding carboxylic acids is 3. The Morgan fingerprint density at radius 3 is 2.33 bits per heavy atom. The van der Waals surface area contributed by atoms with E-state index >= 15 is 0 Å². The predicted octanol–water partition coefficient (Wildman–Crippen LogP) is -0.797. The van der Waals surface area contributed by atoms with Crippen LogP contribution in [-0.4, -0.2) is 60.2 Å². The van der Waals surface area contributed by atoms with Crippen LogP contribution < -0.4 is 5.32 Å². The van der Waals surface area contributed by atoms with E-state index in [0.717, 1.165) is 6.42 Å². The molecule has 1 atom stereocenters. The Morgan fingerprint density at radius 1 is 1.17 bits per heavy atom.